The van der Waals surface area contributed by atoms with E-state index in [1.807, 2.05) is 0 Å². The van der Waals surface area contributed by atoms with Gasteiger partial charge in [-0.05, 0) is 23.8 Å². The van der Waals surface area contributed by atoms with Crippen molar-refractivity contribution in [2.24, 2.45) is 5.92 Å². The Morgan fingerprint density at radius 3 is 2.64 bits per heavy atom. The number of halogens is 3. The van der Waals surface area contributed by atoms with Gasteiger partial charge in [0.05, 0.1) is 18.2 Å². The van der Waals surface area contributed by atoms with Crippen molar-refractivity contribution < 1.29 is 27.4 Å². The van der Waals surface area contributed by atoms with Gasteiger partial charge in [0.2, 0.25) is 0 Å². The third-order valence-electron chi connectivity index (χ3n) is 3.66. The lowest BCUT2D eigenvalue weighted by atomic mass is 9.86. The summed E-state index contributed by atoms with van der Waals surface area (Å²) in [5.74, 6) is -1.79. The molecule has 136 valence electrons. The minimum atomic E-state index is -4.57. The summed E-state index contributed by atoms with van der Waals surface area (Å²) in [6.45, 7) is 3.87. The summed E-state index contributed by atoms with van der Waals surface area (Å²) in [4.78, 5) is 12.4. The van der Waals surface area contributed by atoms with Gasteiger partial charge >= 0.3 is 12.1 Å². The SMILES string of the molecule is C=C1NC(=S)N[C@H](c2ccccc2C(F)(F)F)[C@H]1C(=O)OCCOC. The Morgan fingerprint density at radius 2 is 2.00 bits per heavy atom. The minimum Gasteiger partial charge on any atom is -0.463 e. The zero-order valence-electron chi connectivity index (χ0n) is 13.4. The van der Waals surface area contributed by atoms with Crippen molar-refractivity contribution in [3.8, 4) is 0 Å². The van der Waals surface area contributed by atoms with Crippen molar-refractivity contribution in [3.63, 3.8) is 0 Å². The van der Waals surface area contributed by atoms with Crippen molar-refractivity contribution in [1.29, 1.82) is 0 Å². The van der Waals surface area contributed by atoms with E-state index in [4.69, 9.17) is 21.7 Å². The molecule has 9 heteroatoms. The fourth-order valence-corrected chi connectivity index (χ4v) is 2.82. The van der Waals surface area contributed by atoms with E-state index in [9.17, 15) is 18.0 Å². The molecule has 0 bridgehead atoms. The number of carbonyl (C=O) groups is 1. The number of benzene rings is 1. The molecule has 0 amide bonds. The summed E-state index contributed by atoms with van der Waals surface area (Å²) in [7, 11) is 1.44. The smallest absolute Gasteiger partial charge is 0.416 e. The number of thiocarbonyl (C=S) groups is 1. The summed E-state index contributed by atoms with van der Waals surface area (Å²) in [6, 6.07) is 3.96. The van der Waals surface area contributed by atoms with Gasteiger partial charge in [-0.1, -0.05) is 24.8 Å². The van der Waals surface area contributed by atoms with Crippen LogP contribution in [0.25, 0.3) is 0 Å². The fourth-order valence-electron chi connectivity index (χ4n) is 2.56. The van der Waals surface area contributed by atoms with Gasteiger partial charge in [-0.25, -0.2) is 0 Å². The Bertz CT molecular complexity index is 679. The van der Waals surface area contributed by atoms with Crippen LogP contribution in [-0.4, -0.2) is 31.4 Å². The summed E-state index contributed by atoms with van der Waals surface area (Å²) in [5.41, 5.74) is -0.776. The fraction of sp³-hybridized carbons (Fsp3) is 0.375. The van der Waals surface area contributed by atoms with E-state index in [2.05, 4.69) is 17.2 Å². The molecule has 0 saturated carbocycles. The first-order chi connectivity index (χ1) is 11.8. The van der Waals surface area contributed by atoms with Gasteiger partial charge in [-0.15, -0.1) is 0 Å². The molecule has 1 aliphatic heterocycles. The van der Waals surface area contributed by atoms with Crippen LogP contribution in [0.3, 0.4) is 0 Å². The highest BCUT2D eigenvalue weighted by atomic mass is 32.1. The van der Waals surface area contributed by atoms with Gasteiger partial charge in [0.25, 0.3) is 0 Å². The molecule has 1 saturated heterocycles. The van der Waals surface area contributed by atoms with Crippen LogP contribution >= 0.6 is 12.2 Å². The molecule has 1 aliphatic rings. The van der Waals surface area contributed by atoms with Crippen LogP contribution in [0.2, 0.25) is 0 Å². The first kappa shape index (κ1) is 19.2. The summed E-state index contributed by atoms with van der Waals surface area (Å²) >= 11 is 5.01. The van der Waals surface area contributed by atoms with Gasteiger partial charge in [0.15, 0.2) is 5.11 Å². The predicted octanol–water partition coefficient (Wildman–Crippen LogP) is 2.54. The summed E-state index contributed by atoms with van der Waals surface area (Å²) in [5, 5.41) is 5.49. The third-order valence-corrected chi connectivity index (χ3v) is 3.88. The van der Waals surface area contributed by atoms with Crippen molar-refractivity contribution in [2.75, 3.05) is 20.3 Å². The molecular weight excluding hydrogens is 357 g/mol. The van der Waals surface area contributed by atoms with Gasteiger partial charge in [-0.3, -0.25) is 4.79 Å². The van der Waals surface area contributed by atoms with Crippen LogP contribution in [0, 0.1) is 5.92 Å². The van der Waals surface area contributed by atoms with E-state index < -0.39 is 29.7 Å². The maximum Gasteiger partial charge on any atom is 0.416 e. The standard InChI is InChI=1S/C16H17F3N2O3S/c1-9-12(14(22)24-8-7-23-2)13(21-15(25)20-9)10-5-3-4-6-11(10)16(17,18)19/h3-6,12-13H,1,7-8H2,2H3,(H2,20,21,25)/t12-,13+/m0/s1. The summed E-state index contributed by atoms with van der Waals surface area (Å²) < 4.78 is 49.9. The van der Waals surface area contributed by atoms with Crippen molar-refractivity contribution >= 4 is 23.3 Å². The first-order valence-electron chi connectivity index (χ1n) is 7.33. The van der Waals surface area contributed by atoms with Crippen LogP contribution in [0.1, 0.15) is 17.2 Å². The van der Waals surface area contributed by atoms with E-state index in [0.29, 0.717) is 0 Å². The zero-order valence-corrected chi connectivity index (χ0v) is 14.2. The molecule has 1 fully saturated rings. The number of alkyl halides is 3. The average Bonchev–Trinajstić information content (AvgIpc) is 2.53. The van der Waals surface area contributed by atoms with Crippen molar-refractivity contribution in [2.45, 2.75) is 12.2 Å². The van der Waals surface area contributed by atoms with E-state index in [1.165, 1.54) is 25.3 Å². The lowest BCUT2D eigenvalue weighted by molar-refractivity contribution is -0.150. The number of hydrogen-bond acceptors (Lipinski definition) is 4. The van der Waals surface area contributed by atoms with Gasteiger partial charge in [-0.2, -0.15) is 13.2 Å². The molecule has 1 aromatic carbocycles. The minimum absolute atomic E-state index is 0.0167. The molecule has 1 aromatic rings. The molecule has 5 nitrogen and oxygen atoms in total. The number of esters is 1. The first-order valence-corrected chi connectivity index (χ1v) is 7.74. The van der Waals surface area contributed by atoms with Crippen molar-refractivity contribution in [3.05, 3.63) is 47.7 Å². The normalized spacial score (nSPS) is 20.6. The van der Waals surface area contributed by atoms with E-state index in [1.54, 1.807) is 0 Å². The molecule has 0 unspecified atom stereocenters. The molecule has 0 radical (unpaired) electrons. The second-order valence-electron chi connectivity index (χ2n) is 5.32. The maximum atomic E-state index is 13.3. The van der Waals surface area contributed by atoms with Crippen molar-refractivity contribution in [1.82, 2.24) is 10.6 Å². The number of hydrogen-bond donors (Lipinski definition) is 2. The predicted molar refractivity (Wildman–Crippen MR) is 88.5 cm³/mol. The highest BCUT2D eigenvalue weighted by Gasteiger charge is 2.42. The summed E-state index contributed by atoms with van der Waals surface area (Å²) in [6.07, 6.45) is -4.57. The largest absolute Gasteiger partial charge is 0.463 e. The molecule has 2 N–H and O–H groups in total. The lowest BCUT2D eigenvalue weighted by Crippen LogP contribution is -2.51. The molecule has 1 heterocycles. The molecule has 25 heavy (non-hydrogen) atoms. The number of ether oxygens (including phenoxy) is 2. The Kier molecular flexibility index (Phi) is 6.02. The number of rotatable bonds is 5. The molecule has 0 aromatic heterocycles. The quantitative estimate of drug-likeness (QED) is 0.469. The Hall–Kier alpha value is -2.13. The maximum absolute atomic E-state index is 13.3. The molecule has 2 atom stereocenters. The van der Waals surface area contributed by atoms with Gasteiger partial charge < -0.3 is 20.1 Å². The second kappa shape index (κ2) is 7.83. The van der Waals surface area contributed by atoms with Crippen LogP contribution < -0.4 is 10.6 Å². The van der Waals surface area contributed by atoms with Crippen LogP contribution in [0.15, 0.2) is 36.5 Å². The number of methoxy groups -OCH3 is 1. The Balaban J connectivity index is 2.39. The number of nitrogens with one attached hydrogen (secondary N) is 2. The van der Waals surface area contributed by atoms with E-state index in [-0.39, 0.29) is 29.6 Å². The number of carbonyl (C=O) groups excluding carboxylic acids is 1. The van der Waals surface area contributed by atoms with E-state index >= 15 is 0 Å². The van der Waals surface area contributed by atoms with E-state index in [0.717, 1.165) is 6.07 Å². The zero-order chi connectivity index (χ0) is 18.6. The highest BCUT2D eigenvalue weighted by molar-refractivity contribution is 7.80. The molecule has 0 aliphatic carbocycles. The Morgan fingerprint density at radius 1 is 1.32 bits per heavy atom. The van der Waals surface area contributed by atoms with Crippen LogP contribution in [0.5, 0.6) is 0 Å². The van der Waals surface area contributed by atoms with Crippen LogP contribution in [0.4, 0.5) is 13.2 Å². The van der Waals surface area contributed by atoms with Gasteiger partial charge in [0.1, 0.15) is 12.5 Å². The monoisotopic (exact) mass is 374 g/mol. The lowest BCUT2D eigenvalue weighted by Gasteiger charge is -2.35. The average molecular weight is 374 g/mol. The molecule has 2 rings (SSSR count). The molecule has 0 spiro atoms. The Labute approximate surface area is 148 Å². The van der Waals surface area contributed by atoms with Gasteiger partial charge in [0, 0.05) is 12.8 Å². The topological polar surface area (TPSA) is 59.6 Å². The third kappa shape index (κ3) is 4.49. The molecular formula is C16H17F3N2O3S. The second-order valence-corrected chi connectivity index (χ2v) is 5.73. The van der Waals surface area contributed by atoms with Crippen LogP contribution in [-0.2, 0) is 20.4 Å². The highest BCUT2D eigenvalue weighted by Crippen LogP contribution is 2.39.